The van der Waals surface area contributed by atoms with Crippen molar-refractivity contribution in [2.24, 2.45) is 0 Å². The highest BCUT2D eigenvalue weighted by molar-refractivity contribution is 9.10. The molecule has 0 aliphatic heterocycles. The summed E-state index contributed by atoms with van der Waals surface area (Å²) in [5, 5.41) is 2.99. The summed E-state index contributed by atoms with van der Waals surface area (Å²) in [6.45, 7) is 12.0. The fraction of sp³-hybridized carbons (Fsp3) is 0.417. The van der Waals surface area contributed by atoms with Crippen LogP contribution >= 0.6 is 15.9 Å². The SMILES string of the molecule is Cc1cc(C)cc(CC(=O)N(Cc2ccc(Br)cc2)[C@@H](C)C(=O)NC(C)(C)C)c1. The van der Waals surface area contributed by atoms with Gasteiger partial charge in [-0.15, -0.1) is 0 Å². The Balaban J connectivity index is 2.27. The second-order valence-corrected chi connectivity index (χ2v) is 9.65. The topological polar surface area (TPSA) is 49.4 Å². The molecule has 1 atom stereocenters. The van der Waals surface area contributed by atoms with Crippen molar-refractivity contribution in [2.45, 2.75) is 66.1 Å². The summed E-state index contributed by atoms with van der Waals surface area (Å²) in [7, 11) is 0. The van der Waals surface area contributed by atoms with Crippen LogP contribution in [0.25, 0.3) is 0 Å². The first kappa shape index (κ1) is 23.1. The molecule has 2 rings (SSSR count). The maximum absolute atomic E-state index is 13.3. The molecule has 2 aromatic carbocycles. The summed E-state index contributed by atoms with van der Waals surface area (Å²) in [4.78, 5) is 27.7. The Morgan fingerprint density at radius 2 is 1.55 bits per heavy atom. The number of benzene rings is 2. The van der Waals surface area contributed by atoms with Gasteiger partial charge in [-0.2, -0.15) is 0 Å². The van der Waals surface area contributed by atoms with E-state index in [9.17, 15) is 9.59 Å². The van der Waals surface area contributed by atoms with Crippen molar-refractivity contribution in [3.8, 4) is 0 Å². The number of aryl methyl sites for hydroxylation is 2. The van der Waals surface area contributed by atoms with E-state index in [4.69, 9.17) is 0 Å². The molecule has 0 fully saturated rings. The molecular weight excluding hydrogens is 428 g/mol. The van der Waals surface area contributed by atoms with Gasteiger partial charge in [0.1, 0.15) is 6.04 Å². The molecule has 0 heterocycles. The lowest BCUT2D eigenvalue weighted by Gasteiger charge is -2.31. The summed E-state index contributed by atoms with van der Waals surface area (Å²) >= 11 is 3.44. The lowest BCUT2D eigenvalue weighted by atomic mass is 10.0. The van der Waals surface area contributed by atoms with Crippen molar-refractivity contribution in [3.63, 3.8) is 0 Å². The number of carbonyl (C=O) groups excluding carboxylic acids is 2. The van der Waals surface area contributed by atoms with Crippen molar-refractivity contribution in [1.82, 2.24) is 10.2 Å². The molecule has 0 aliphatic carbocycles. The lowest BCUT2D eigenvalue weighted by Crippen LogP contribution is -2.52. The van der Waals surface area contributed by atoms with Crippen LogP contribution in [-0.4, -0.2) is 28.3 Å². The molecule has 0 aliphatic rings. The standard InChI is InChI=1S/C24H31BrN2O2/c1-16-11-17(2)13-20(12-16)14-22(28)27(15-19-7-9-21(25)10-8-19)18(3)23(29)26-24(4,5)6/h7-13,18H,14-15H2,1-6H3,(H,26,29)/t18-/m0/s1. The van der Waals surface area contributed by atoms with Crippen LogP contribution in [0.15, 0.2) is 46.9 Å². The third-order valence-electron chi connectivity index (χ3n) is 4.57. The molecule has 156 valence electrons. The fourth-order valence-corrected chi connectivity index (χ4v) is 3.55. The van der Waals surface area contributed by atoms with Crippen molar-refractivity contribution in [2.75, 3.05) is 0 Å². The van der Waals surface area contributed by atoms with Crippen LogP contribution in [0.1, 0.15) is 49.9 Å². The highest BCUT2D eigenvalue weighted by atomic mass is 79.9. The van der Waals surface area contributed by atoms with Gasteiger partial charge in [-0.05, 0) is 64.8 Å². The predicted molar refractivity (Wildman–Crippen MR) is 122 cm³/mol. The van der Waals surface area contributed by atoms with Gasteiger partial charge in [0.2, 0.25) is 11.8 Å². The van der Waals surface area contributed by atoms with Crippen LogP contribution in [0.2, 0.25) is 0 Å². The molecule has 0 saturated carbocycles. The van der Waals surface area contributed by atoms with Crippen molar-refractivity contribution < 1.29 is 9.59 Å². The molecule has 5 heteroatoms. The van der Waals surface area contributed by atoms with Crippen LogP contribution in [0.4, 0.5) is 0 Å². The summed E-state index contributed by atoms with van der Waals surface area (Å²) in [6.07, 6.45) is 0.270. The van der Waals surface area contributed by atoms with Crippen molar-refractivity contribution in [1.29, 1.82) is 0 Å². The van der Waals surface area contributed by atoms with E-state index in [-0.39, 0.29) is 23.8 Å². The lowest BCUT2D eigenvalue weighted by molar-refractivity contribution is -0.140. The zero-order valence-corrected chi connectivity index (χ0v) is 19.8. The van der Waals surface area contributed by atoms with Crippen molar-refractivity contribution >= 4 is 27.7 Å². The Labute approximate surface area is 182 Å². The monoisotopic (exact) mass is 458 g/mol. The number of hydrogen-bond donors (Lipinski definition) is 1. The fourth-order valence-electron chi connectivity index (χ4n) is 3.29. The molecule has 0 radical (unpaired) electrons. The van der Waals surface area contributed by atoms with Crippen molar-refractivity contribution in [3.05, 3.63) is 69.2 Å². The quantitative estimate of drug-likeness (QED) is 0.665. The molecule has 29 heavy (non-hydrogen) atoms. The van der Waals surface area contributed by atoms with Gasteiger partial charge in [0.15, 0.2) is 0 Å². The van der Waals surface area contributed by atoms with Crippen LogP contribution in [-0.2, 0) is 22.6 Å². The number of hydrogen-bond acceptors (Lipinski definition) is 2. The first-order chi connectivity index (χ1) is 13.4. The minimum Gasteiger partial charge on any atom is -0.350 e. The zero-order chi connectivity index (χ0) is 21.8. The zero-order valence-electron chi connectivity index (χ0n) is 18.2. The number of halogens is 1. The first-order valence-corrected chi connectivity index (χ1v) is 10.7. The second kappa shape index (κ2) is 9.57. The average molecular weight is 459 g/mol. The molecule has 4 nitrogen and oxygen atoms in total. The Kier molecular flexibility index (Phi) is 7.64. The van der Waals surface area contributed by atoms with Crippen LogP contribution < -0.4 is 5.32 Å². The van der Waals surface area contributed by atoms with E-state index in [1.807, 2.05) is 71.0 Å². The van der Waals surface area contributed by atoms with Gasteiger partial charge in [-0.25, -0.2) is 0 Å². The molecule has 0 saturated heterocycles. The van der Waals surface area contributed by atoms with Gasteiger partial charge in [-0.1, -0.05) is 57.4 Å². The summed E-state index contributed by atoms with van der Waals surface area (Å²) in [5.41, 5.74) is 3.86. The smallest absolute Gasteiger partial charge is 0.242 e. The van der Waals surface area contributed by atoms with Gasteiger partial charge in [0.05, 0.1) is 6.42 Å². The molecule has 0 bridgehead atoms. The number of amides is 2. The maximum Gasteiger partial charge on any atom is 0.242 e. The van der Waals surface area contributed by atoms with Gasteiger partial charge in [0, 0.05) is 16.6 Å². The summed E-state index contributed by atoms with van der Waals surface area (Å²) in [6, 6.07) is 13.4. The molecule has 0 unspecified atom stereocenters. The van der Waals surface area contributed by atoms with E-state index in [0.29, 0.717) is 6.54 Å². The Morgan fingerprint density at radius 1 is 1.00 bits per heavy atom. The third-order valence-corrected chi connectivity index (χ3v) is 5.10. The summed E-state index contributed by atoms with van der Waals surface area (Å²) < 4.78 is 0.980. The maximum atomic E-state index is 13.3. The van der Waals surface area contributed by atoms with Crippen LogP contribution in [0.3, 0.4) is 0 Å². The van der Waals surface area contributed by atoms with E-state index in [1.54, 1.807) is 11.8 Å². The third kappa shape index (κ3) is 7.32. The minimum absolute atomic E-state index is 0.0607. The highest BCUT2D eigenvalue weighted by Gasteiger charge is 2.28. The molecule has 1 N–H and O–H groups in total. The predicted octanol–water partition coefficient (Wildman–Crippen LogP) is 4.94. The van der Waals surface area contributed by atoms with Gasteiger partial charge >= 0.3 is 0 Å². The number of nitrogens with one attached hydrogen (secondary N) is 1. The van der Waals surface area contributed by atoms with Gasteiger partial charge in [0.25, 0.3) is 0 Å². The largest absolute Gasteiger partial charge is 0.350 e. The Morgan fingerprint density at radius 3 is 2.07 bits per heavy atom. The Bertz CT molecular complexity index is 849. The van der Waals surface area contributed by atoms with E-state index in [2.05, 4.69) is 27.3 Å². The molecule has 0 spiro atoms. The average Bonchev–Trinajstić information content (AvgIpc) is 2.58. The number of rotatable bonds is 6. The van der Waals surface area contributed by atoms with Gasteiger partial charge in [-0.3, -0.25) is 9.59 Å². The van der Waals surface area contributed by atoms with E-state index in [1.165, 1.54) is 0 Å². The van der Waals surface area contributed by atoms with E-state index < -0.39 is 6.04 Å². The molecule has 2 amide bonds. The molecule has 0 aromatic heterocycles. The first-order valence-electron chi connectivity index (χ1n) is 9.88. The number of carbonyl (C=O) groups is 2. The minimum atomic E-state index is -0.573. The van der Waals surface area contributed by atoms with Crippen LogP contribution in [0, 0.1) is 13.8 Å². The van der Waals surface area contributed by atoms with Gasteiger partial charge < -0.3 is 10.2 Å². The normalized spacial score (nSPS) is 12.4. The second-order valence-electron chi connectivity index (χ2n) is 8.74. The van der Waals surface area contributed by atoms with E-state index in [0.717, 1.165) is 26.7 Å². The highest BCUT2D eigenvalue weighted by Crippen LogP contribution is 2.17. The van der Waals surface area contributed by atoms with Crippen LogP contribution in [0.5, 0.6) is 0 Å². The molecular formula is C24H31BrN2O2. The number of nitrogens with zero attached hydrogens (tertiary/aromatic N) is 1. The van der Waals surface area contributed by atoms with E-state index >= 15 is 0 Å². The Hall–Kier alpha value is -2.14. The summed E-state index contributed by atoms with van der Waals surface area (Å²) in [5.74, 6) is -0.210. The molecule has 2 aromatic rings.